The molecule has 2 saturated carbocycles. The van der Waals surface area contributed by atoms with E-state index in [4.69, 9.17) is 19.9 Å². The molecule has 59 heavy (non-hydrogen) atoms. The molecule has 0 radical (unpaired) electrons. The molecule has 4 N–H and O–H groups in total. The number of fused-ring (bicyclic) bond motifs is 1. The van der Waals surface area contributed by atoms with E-state index in [0.717, 1.165) is 5.92 Å². The number of pyridine rings is 1. The Labute approximate surface area is 354 Å². The summed E-state index contributed by atoms with van der Waals surface area (Å²) in [7, 11) is -3.24. The molecule has 1 aromatic carbocycles. The van der Waals surface area contributed by atoms with E-state index < -0.39 is 56.3 Å². The predicted molar refractivity (Wildman–Crippen MR) is 233 cm³/mol. The molecule has 0 unspecified atom stereocenters. The van der Waals surface area contributed by atoms with Gasteiger partial charge in [0, 0.05) is 47.5 Å². The number of alkyl halides is 1. The molecule has 0 bridgehead atoms. The monoisotopic (exact) mass is 858 g/mol. The zero-order valence-electron chi connectivity index (χ0n) is 36.9. The van der Waals surface area contributed by atoms with Crippen LogP contribution in [0.4, 0.5) is 8.78 Å². The van der Waals surface area contributed by atoms with Crippen molar-refractivity contribution < 1.29 is 50.1 Å². The van der Waals surface area contributed by atoms with Crippen LogP contribution in [0.25, 0.3) is 10.8 Å². The van der Waals surface area contributed by atoms with Gasteiger partial charge in [-0.1, -0.05) is 67.5 Å². The molecule has 1 aromatic heterocycles. The lowest BCUT2D eigenvalue weighted by molar-refractivity contribution is -0.140. The highest BCUT2D eigenvalue weighted by molar-refractivity contribution is 7.91. The summed E-state index contributed by atoms with van der Waals surface area (Å²) in [6.07, 6.45) is 4.82. The summed E-state index contributed by atoms with van der Waals surface area (Å²) in [4.78, 5) is 46.2. The Morgan fingerprint density at radius 3 is 2.25 bits per heavy atom. The van der Waals surface area contributed by atoms with Crippen molar-refractivity contribution in [2.75, 3.05) is 13.7 Å². The van der Waals surface area contributed by atoms with Crippen LogP contribution >= 0.6 is 0 Å². The fraction of sp³-hybridized carbons (Fsp3) is 0.628. The van der Waals surface area contributed by atoms with Gasteiger partial charge in [0.1, 0.15) is 23.3 Å². The summed E-state index contributed by atoms with van der Waals surface area (Å²) >= 11 is 0. The Kier molecular flexibility index (Phi) is 18.2. The molecule has 1 aliphatic heterocycles. The first-order chi connectivity index (χ1) is 27.4. The van der Waals surface area contributed by atoms with E-state index >= 15 is 0 Å². The largest absolute Gasteiger partial charge is 0.494 e. The third-order valence-electron chi connectivity index (χ3n) is 8.91. The molecule has 5 rings (SSSR count). The fourth-order valence-corrected chi connectivity index (χ4v) is 7.33. The van der Waals surface area contributed by atoms with Gasteiger partial charge in [-0.25, -0.2) is 26.9 Å². The lowest BCUT2D eigenvalue weighted by atomic mass is 10.1. The first-order valence-corrected chi connectivity index (χ1v) is 21.8. The van der Waals surface area contributed by atoms with Crippen LogP contribution in [0.3, 0.4) is 0 Å². The summed E-state index contributed by atoms with van der Waals surface area (Å²) in [5, 5.41) is 1.21. The van der Waals surface area contributed by atoms with Crippen molar-refractivity contribution in [1.82, 2.24) is 19.9 Å². The lowest BCUT2D eigenvalue weighted by Crippen LogP contribution is -2.57. The molecule has 16 heteroatoms. The van der Waals surface area contributed by atoms with Crippen molar-refractivity contribution in [2.45, 2.75) is 143 Å². The number of ether oxygens (including phenoxy) is 3. The minimum absolute atomic E-state index is 0. The van der Waals surface area contributed by atoms with E-state index in [1.54, 1.807) is 18.2 Å². The van der Waals surface area contributed by atoms with Crippen molar-refractivity contribution >= 4 is 38.5 Å². The number of nitrogens with two attached hydrogens (primary N) is 1. The van der Waals surface area contributed by atoms with E-state index in [1.807, 2.05) is 60.1 Å². The quantitative estimate of drug-likeness (QED) is 0.131. The van der Waals surface area contributed by atoms with E-state index in [9.17, 15) is 31.6 Å². The molecule has 3 aliphatic rings. The van der Waals surface area contributed by atoms with Crippen LogP contribution < -0.4 is 25.2 Å². The maximum atomic E-state index is 14.6. The number of sulfonamides is 1. The summed E-state index contributed by atoms with van der Waals surface area (Å²) in [6.45, 7) is 25.3. The van der Waals surface area contributed by atoms with Gasteiger partial charge in [-0.2, -0.15) is 0 Å². The molecule has 2 aliphatic carbocycles. The van der Waals surface area contributed by atoms with Crippen molar-refractivity contribution in [3.8, 4) is 11.6 Å². The van der Waals surface area contributed by atoms with Crippen molar-refractivity contribution in [3.63, 3.8) is 0 Å². The number of nitrogens with zero attached hydrogens (tertiary/aromatic N) is 2. The van der Waals surface area contributed by atoms with Crippen LogP contribution in [0, 0.1) is 23.6 Å². The van der Waals surface area contributed by atoms with Gasteiger partial charge < -0.3 is 30.2 Å². The first kappa shape index (κ1) is 50.7. The number of carbonyl (C=O) groups is 3. The number of nitrogens with one attached hydrogen (secondary N) is 2. The Morgan fingerprint density at radius 2 is 1.76 bits per heavy atom. The number of allylic oxidation sites excluding steroid dienone is 1. The van der Waals surface area contributed by atoms with Gasteiger partial charge in [0.15, 0.2) is 17.4 Å². The van der Waals surface area contributed by atoms with Gasteiger partial charge in [0.2, 0.25) is 22.7 Å². The Balaban J connectivity index is 0. The number of halogens is 2. The number of hydrogen-bond acceptors (Lipinski definition) is 10. The van der Waals surface area contributed by atoms with Gasteiger partial charge in [-0.3, -0.25) is 14.4 Å². The Morgan fingerprint density at radius 1 is 1.15 bits per heavy atom. The van der Waals surface area contributed by atoms with Gasteiger partial charge in [0.25, 0.3) is 15.9 Å². The fourth-order valence-electron chi connectivity index (χ4n) is 6.08. The topological polar surface area (TPSA) is 179 Å². The summed E-state index contributed by atoms with van der Waals surface area (Å²) < 4.78 is 72.2. The van der Waals surface area contributed by atoms with Crippen LogP contribution in [0.1, 0.15) is 119 Å². The third-order valence-corrected chi connectivity index (χ3v) is 10.7. The van der Waals surface area contributed by atoms with Crippen molar-refractivity contribution in [3.05, 3.63) is 54.8 Å². The highest BCUT2D eigenvalue weighted by Crippen LogP contribution is 2.48. The number of likely N-dealkylation sites (tertiary alicyclic amines) is 1. The highest BCUT2D eigenvalue weighted by Gasteiger charge is 2.64. The predicted octanol–water partition coefficient (Wildman–Crippen LogP) is 8.18. The van der Waals surface area contributed by atoms with E-state index in [-0.39, 0.29) is 77.9 Å². The van der Waals surface area contributed by atoms with Gasteiger partial charge in [-0.05, 0) is 75.6 Å². The molecular weight excluding hydrogens is 785 g/mol. The summed E-state index contributed by atoms with van der Waals surface area (Å²) in [5.74, 6) is -1.85. The van der Waals surface area contributed by atoms with Gasteiger partial charge in [0.05, 0.1) is 13.7 Å². The maximum Gasteiger partial charge on any atom is 0.270 e. The number of amides is 3. The third kappa shape index (κ3) is 14.3. The number of rotatable bonds is 13. The maximum absolute atomic E-state index is 14.6. The Bertz CT molecular complexity index is 1930. The average molecular weight is 858 g/mol. The van der Waals surface area contributed by atoms with Crippen molar-refractivity contribution in [1.29, 1.82) is 0 Å². The standard InChI is InChI=1S/C31H38F2N4O7S.C6H13NO.C4H10.C2H6.3H2/c1-5-6-7-20-16-31(20,29(40)36-45(41,42)30(33)9-10-30)35-27(39)24-14-21(17-37(24)26(38)12-18(2)3)44-28-22-15-23(32)25(43-4)13-19(22)8-11-34-28;1-5(7)8-6(2,3)4;1-4(2)3;1-2;;;/h6-8,11,13,15,18,20-21,24H,5,9-10,12,14,16-17H2,1-4H3,(H,35,39)(H,36,40);1,7H2,2-4H3;4H,1-3H3;1-2H3;3*1H/b7-6-;;;;;;/t20-,21-,24+,31-;;;;;;/m1....../s1. The minimum Gasteiger partial charge on any atom is -0.494 e. The zero-order chi connectivity index (χ0) is 45.1. The van der Waals surface area contributed by atoms with Crippen LogP contribution in [0.2, 0.25) is 0 Å². The second kappa shape index (κ2) is 21.2. The summed E-state index contributed by atoms with van der Waals surface area (Å²) in [6, 6.07) is 3.38. The molecule has 1 saturated heterocycles. The first-order valence-electron chi connectivity index (χ1n) is 20.3. The van der Waals surface area contributed by atoms with Crippen LogP contribution in [0.5, 0.6) is 11.6 Å². The second-order valence-electron chi connectivity index (χ2n) is 16.8. The SMILES string of the molecule is C=C(N)OC(C)(C)C.CC.CC(C)C.CC/C=C\[C@@H]1C[C@]1(NC(=O)[C@@H]1C[C@@H](Oc2nccc3cc(OC)c(F)cc23)CN1C(=O)CC(C)C)C(=O)NS(=O)(=O)C1(F)CC1.[HH].[HH].[HH]. The highest BCUT2D eigenvalue weighted by atomic mass is 32.2. The number of benzene rings is 1. The molecular formula is C43H73F2N5O8S. The van der Waals surface area contributed by atoms with Crippen LogP contribution in [-0.4, -0.2) is 78.0 Å². The molecule has 0 spiro atoms. The van der Waals surface area contributed by atoms with Crippen molar-refractivity contribution in [2.24, 2.45) is 23.5 Å². The molecule has 338 valence electrons. The number of methoxy groups -OCH3 is 1. The minimum atomic E-state index is -4.60. The van der Waals surface area contributed by atoms with Gasteiger partial charge in [-0.15, -0.1) is 0 Å². The van der Waals surface area contributed by atoms with Gasteiger partial charge >= 0.3 is 0 Å². The summed E-state index contributed by atoms with van der Waals surface area (Å²) in [5.41, 5.74) is 3.33. The normalized spacial score (nSPS) is 21.6. The second-order valence-corrected chi connectivity index (χ2v) is 18.7. The number of hydrogen-bond donors (Lipinski definition) is 3. The number of aromatic nitrogens is 1. The van der Waals surface area contributed by atoms with E-state index in [2.05, 4.69) is 37.7 Å². The molecule has 3 fully saturated rings. The van der Waals surface area contributed by atoms with Crippen LogP contribution in [-0.2, 0) is 29.1 Å². The van der Waals surface area contributed by atoms with Crippen LogP contribution in [0.15, 0.2) is 49.0 Å². The molecule has 13 nitrogen and oxygen atoms in total. The molecule has 2 heterocycles. The average Bonchev–Trinajstić information content (AvgIpc) is 4.00. The molecule has 4 atom stereocenters. The zero-order valence-corrected chi connectivity index (χ0v) is 37.7. The Hall–Kier alpha value is -4.47. The number of carbonyl (C=O) groups excluding carboxylic acids is 3. The molecule has 2 aromatic rings. The molecule has 3 amide bonds. The lowest BCUT2D eigenvalue weighted by Gasteiger charge is -2.27. The smallest absolute Gasteiger partial charge is 0.270 e. The van der Waals surface area contributed by atoms with E-state index in [1.165, 1.54) is 30.3 Å². The van der Waals surface area contributed by atoms with E-state index in [0.29, 0.717) is 17.2 Å².